The van der Waals surface area contributed by atoms with Gasteiger partial charge in [0.1, 0.15) is 0 Å². The molecule has 1 aromatic carbocycles. The highest BCUT2D eigenvalue weighted by molar-refractivity contribution is 5.72. The highest BCUT2D eigenvalue weighted by Gasteiger charge is 2.52. The molecule has 4 bridgehead atoms. The van der Waals surface area contributed by atoms with E-state index in [2.05, 4.69) is 29.0 Å². The van der Waals surface area contributed by atoms with Crippen LogP contribution in [-0.4, -0.2) is 11.4 Å². The van der Waals surface area contributed by atoms with Crippen LogP contribution >= 0.6 is 0 Å². The lowest BCUT2D eigenvalue weighted by atomic mass is 9.48. The molecule has 4 fully saturated rings. The van der Waals surface area contributed by atoms with Crippen molar-refractivity contribution in [3.8, 4) is 22.8 Å². The normalized spacial score (nSPS) is 35.5. The molecule has 0 radical (unpaired) electrons. The Kier molecular flexibility index (Phi) is 2.55. The molecule has 3 nitrogen and oxygen atoms in total. The molecular formula is C23H25NO2. The first-order valence-electron chi connectivity index (χ1n) is 10.4. The number of aryl methyl sites for hydroxylation is 2. The molecule has 4 aliphatic carbocycles. The maximum absolute atomic E-state index is 5.66. The summed E-state index contributed by atoms with van der Waals surface area (Å²) in [5, 5.41) is 0. The van der Waals surface area contributed by atoms with Gasteiger partial charge in [0.15, 0.2) is 11.5 Å². The lowest BCUT2D eigenvalue weighted by molar-refractivity contribution is -0.00518. The smallest absolute Gasteiger partial charge is 0.231 e. The molecule has 3 heterocycles. The lowest BCUT2D eigenvalue weighted by Crippen LogP contribution is -2.48. The molecule has 134 valence electrons. The minimum atomic E-state index is 0.359. The van der Waals surface area contributed by atoms with Gasteiger partial charge in [-0.15, -0.1) is 0 Å². The second-order valence-electron chi connectivity index (χ2n) is 9.62. The third-order valence-corrected chi connectivity index (χ3v) is 8.04. The molecule has 0 N–H and O–H groups in total. The van der Waals surface area contributed by atoms with Gasteiger partial charge in [0.2, 0.25) is 6.79 Å². The standard InChI is InChI=1S/C23H25NO2/c1-2-24-12-18(23-9-14-3-15(10-23)5-16(4-14)11-23)7-20(24)19-8-22-21(6-17(1)19)25-13-26-22/h6-8,12,14-16H,1-5,9-11,13H2. The number of ether oxygens (including phenoxy) is 2. The van der Waals surface area contributed by atoms with Crippen molar-refractivity contribution in [2.75, 3.05) is 6.79 Å². The van der Waals surface area contributed by atoms with Gasteiger partial charge in [-0.1, -0.05) is 0 Å². The second kappa shape index (κ2) is 4.68. The van der Waals surface area contributed by atoms with Crippen LogP contribution in [0.15, 0.2) is 24.4 Å². The Morgan fingerprint density at radius 1 is 0.885 bits per heavy atom. The first-order valence-corrected chi connectivity index (χ1v) is 10.4. The summed E-state index contributed by atoms with van der Waals surface area (Å²) in [5.74, 6) is 4.83. The number of aromatic nitrogens is 1. The van der Waals surface area contributed by atoms with Gasteiger partial charge >= 0.3 is 0 Å². The quantitative estimate of drug-likeness (QED) is 0.732. The molecule has 8 rings (SSSR count). The molecule has 2 aromatic rings. The van der Waals surface area contributed by atoms with Crippen LogP contribution in [0.4, 0.5) is 0 Å². The van der Waals surface area contributed by atoms with Crippen molar-refractivity contribution < 1.29 is 9.47 Å². The summed E-state index contributed by atoms with van der Waals surface area (Å²) in [5.41, 5.74) is 6.29. The number of benzene rings is 1. The van der Waals surface area contributed by atoms with Crippen LogP contribution in [-0.2, 0) is 18.4 Å². The van der Waals surface area contributed by atoms with Gasteiger partial charge in [-0.2, -0.15) is 0 Å². The average molecular weight is 347 g/mol. The van der Waals surface area contributed by atoms with Crippen LogP contribution in [0.5, 0.6) is 11.5 Å². The maximum atomic E-state index is 5.66. The summed E-state index contributed by atoms with van der Waals surface area (Å²) < 4.78 is 13.8. The van der Waals surface area contributed by atoms with E-state index in [1.54, 1.807) is 5.56 Å². The minimum Gasteiger partial charge on any atom is -0.454 e. The van der Waals surface area contributed by atoms with Crippen LogP contribution in [0.25, 0.3) is 11.3 Å². The highest BCUT2D eigenvalue weighted by Crippen LogP contribution is 2.61. The van der Waals surface area contributed by atoms with Gasteiger partial charge in [-0.25, -0.2) is 0 Å². The van der Waals surface area contributed by atoms with Gasteiger partial charge in [-0.3, -0.25) is 0 Å². The van der Waals surface area contributed by atoms with Crippen LogP contribution in [0.1, 0.15) is 49.7 Å². The third-order valence-electron chi connectivity index (χ3n) is 8.04. The molecule has 26 heavy (non-hydrogen) atoms. The summed E-state index contributed by atoms with van der Waals surface area (Å²) in [6.45, 7) is 1.45. The van der Waals surface area contributed by atoms with E-state index in [0.29, 0.717) is 12.2 Å². The van der Waals surface area contributed by atoms with Gasteiger partial charge in [0.05, 0.1) is 0 Å². The van der Waals surface area contributed by atoms with E-state index in [4.69, 9.17) is 9.47 Å². The van der Waals surface area contributed by atoms with E-state index in [1.165, 1.54) is 55.3 Å². The third kappa shape index (κ3) is 1.79. The molecule has 2 aliphatic heterocycles. The van der Waals surface area contributed by atoms with Crippen molar-refractivity contribution in [2.24, 2.45) is 17.8 Å². The molecule has 1 aromatic heterocycles. The number of fused-ring (bicyclic) bond motifs is 4. The van der Waals surface area contributed by atoms with Gasteiger partial charge < -0.3 is 14.0 Å². The Morgan fingerprint density at radius 3 is 2.31 bits per heavy atom. The Morgan fingerprint density at radius 2 is 1.58 bits per heavy atom. The molecule has 0 saturated heterocycles. The lowest BCUT2D eigenvalue weighted by Gasteiger charge is -2.56. The van der Waals surface area contributed by atoms with E-state index >= 15 is 0 Å². The fourth-order valence-electron chi connectivity index (χ4n) is 7.35. The Bertz CT molecular complexity index is 889. The fraction of sp³-hybridized carbons (Fsp3) is 0.565. The molecule has 0 unspecified atom stereocenters. The van der Waals surface area contributed by atoms with Crippen LogP contribution < -0.4 is 9.47 Å². The number of hydrogen-bond donors (Lipinski definition) is 0. The largest absolute Gasteiger partial charge is 0.454 e. The molecule has 3 heteroatoms. The SMILES string of the molecule is c1c2c(cc3c1OCO3)-c1cc(C34CC5CC(CC(C5)C3)C4)cn1CC2. The predicted octanol–water partition coefficient (Wildman–Crippen LogP) is 4.91. The summed E-state index contributed by atoms with van der Waals surface area (Å²) in [7, 11) is 0. The predicted molar refractivity (Wildman–Crippen MR) is 99.5 cm³/mol. The van der Waals surface area contributed by atoms with Crippen molar-refractivity contribution in [2.45, 2.75) is 56.9 Å². The topological polar surface area (TPSA) is 23.4 Å². The first kappa shape index (κ1) is 14.2. The summed E-state index contributed by atoms with van der Waals surface area (Å²) >= 11 is 0. The minimum absolute atomic E-state index is 0.359. The first-order chi connectivity index (χ1) is 12.8. The van der Waals surface area contributed by atoms with Crippen LogP contribution in [0.3, 0.4) is 0 Å². The van der Waals surface area contributed by atoms with Gasteiger partial charge in [0, 0.05) is 24.0 Å². The average Bonchev–Trinajstić information content (AvgIpc) is 3.25. The van der Waals surface area contributed by atoms with Crippen molar-refractivity contribution in [3.05, 3.63) is 35.5 Å². The summed E-state index contributed by atoms with van der Waals surface area (Å²) in [6, 6.07) is 6.96. The van der Waals surface area contributed by atoms with Crippen molar-refractivity contribution in [1.82, 2.24) is 4.57 Å². The van der Waals surface area contributed by atoms with Crippen molar-refractivity contribution in [3.63, 3.8) is 0 Å². The van der Waals surface area contributed by atoms with Gasteiger partial charge in [0.25, 0.3) is 0 Å². The van der Waals surface area contributed by atoms with E-state index in [0.717, 1.165) is 42.2 Å². The molecule has 4 saturated carbocycles. The number of rotatable bonds is 1. The molecular weight excluding hydrogens is 322 g/mol. The molecule has 6 aliphatic rings. The summed E-state index contributed by atoms with van der Waals surface area (Å²) in [6.07, 6.45) is 12.5. The number of nitrogens with zero attached hydrogens (tertiary/aromatic N) is 1. The molecule has 0 spiro atoms. The Balaban J connectivity index is 1.35. The molecule has 0 amide bonds. The van der Waals surface area contributed by atoms with Gasteiger partial charge in [-0.05, 0) is 97.4 Å². The maximum Gasteiger partial charge on any atom is 0.231 e. The van der Waals surface area contributed by atoms with Crippen LogP contribution in [0.2, 0.25) is 0 Å². The highest BCUT2D eigenvalue weighted by atomic mass is 16.7. The monoisotopic (exact) mass is 347 g/mol. The zero-order chi connectivity index (χ0) is 16.9. The second-order valence-corrected chi connectivity index (χ2v) is 9.62. The van der Waals surface area contributed by atoms with Crippen LogP contribution in [0, 0.1) is 17.8 Å². The van der Waals surface area contributed by atoms with E-state index in [1.807, 2.05) is 0 Å². The molecule has 0 atom stereocenters. The number of hydrogen-bond acceptors (Lipinski definition) is 2. The zero-order valence-corrected chi connectivity index (χ0v) is 15.2. The Labute approximate surface area is 154 Å². The zero-order valence-electron chi connectivity index (χ0n) is 15.2. The van der Waals surface area contributed by atoms with E-state index in [9.17, 15) is 0 Å². The van der Waals surface area contributed by atoms with E-state index < -0.39 is 0 Å². The summed E-state index contributed by atoms with van der Waals surface area (Å²) in [4.78, 5) is 0. The Hall–Kier alpha value is -1.90. The fourth-order valence-corrected chi connectivity index (χ4v) is 7.35. The van der Waals surface area contributed by atoms with Crippen molar-refractivity contribution >= 4 is 0 Å². The van der Waals surface area contributed by atoms with Crippen molar-refractivity contribution in [1.29, 1.82) is 0 Å². The van der Waals surface area contributed by atoms with E-state index in [-0.39, 0.29) is 0 Å².